The molecule has 5 heteroatoms. The zero-order chi connectivity index (χ0) is 16.2. The van der Waals surface area contributed by atoms with E-state index in [-0.39, 0.29) is 17.9 Å². The van der Waals surface area contributed by atoms with Crippen LogP contribution in [-0.2, 0) is 0 Å². The maximum absolute atomic E-state index is 12.4. The first-order valence-electron chi connectivity index (χ1n) is 7.52. The molecule has 118 valence electrons. The van der Waals surface area contributed by atoms with E-state index in [1.54, 1.807) is 55.6 Å². The van der Waals surface area contributed by atoms with Crippen molar-refractivity contribution in [3.8, 4) is 5.75 Å². The van der Waals surface area contributed by atoms with Gasteiger partial charge in [0, 0.05) is 11.6 Å². The molecule has 0 aliphatic heterocycles. The normalized spacial score (nSPS) is 13.3. The number of anilines is 1. The van der Waals surface area contributed by atoms with E-state index in [4.69, 9.17) is 4.74 Å². The molecule has 0 spiro atoms. The molecule has 1 aliphatic rings. The monoisotopic (exact) mass is 310 g/mol. The Labute approximate surface area is 134 Å². The molecule has 1 aliphatic carbocycles. The molecule has 3 rings (SSSR count). The Hall–Kier alpha value is -2.82. The van der Waals surface area contributed by atoms with E-state index in [1.165, 1.54) is 0 Å². The van der Waals surface area contributed by atoms with Gasteiger partial charge in [-0.3, -0.25) is 9.59 Å². The molecule has 0 bridgehead atoms. The van der Waals surface area contributed by atoms with Crippen LogP contribution in [0.4, 0.5) is 5.69 Å². The number of hydrogen-bond acceptors (Lipinski definition) is 3. The molecule has 2 N–H and O–H groups in total. The van der Waals surface area contributed by atoms with Gasteiger partial charge >= 0.3 is 0 Å². The van der Waals surface area contributed by atoms with Crippen LogP contribution in [0.2, 0.25) is 0 Å². The van der Waals surface area contributed by atoms with Crippen LogP contribution in [0.1, 0.15) is 33.6 Å². The van der Waals surface area contributed by atoms with Gasteiger partial charge in [-0.1, -0.05) is 18.2 Å². The number of para-hydroxylation sites is 1. The Morgan fingerprint density at radius 3 is 2.57 bits per heavy atom. The Morgan fingerprint density at radius 2 is 1.83 bits per heavy atom. The second-order valence-electron chi connectivity index (χ2n) is 5.48. The van der Waals surface area contributed by atoms with E-state index in [9.17, 15) is 9.59 Å². The molecule has 2 amide bonds. The average Bonchev–Trinajstić information content (AvgIpc) is 3.39. The number of methoxy groups -OCH3 is 1. The number of carbonyl (C=O) groups excluding carboxylic acids is 2. The predicted molar refractivity (Wildman–Crippen MR) is 87.9 cm³/mol. The van der Waals surface area contributed by atoms with Crippen LogP contribution in [-0.4, -0.2) is 25.0 Å². The van der Waals surface area contributed by atoms with Gasteiger partial charge in [0.2, 0.25) is 0 Å². The molecule has 0 radical (unpaired) electrons. The molecule has 0 heterocycles. The van der Waals surface area contributed by atoms with Gasteiger partial charge in [0.05, 0.1) is 18.4 Å². The SMILES string of the molecule is COc1cccc(C(=O)Nc2ccccc2C(=O)NC2CC2)c1. The summed E-state index contributed by atoms with van der Waals surface area (Å²) in [7, 11) is 1.55. The maximum Gasteiger partial charge on any atom is 0.255 e. The summed E-state index contributed by atoms with van der Waals surface area (Å²) in [6.07, 6.45) is 2.04. The summed E-state index contributed by atoms with van der Waals surface area (Å²) < 4.78 is 5.12. The summed E-state index contributed by atoms with van der Waals surface area (Å²) in [5, 5.41) is 5.73. The second kappa shape index (κ2) is 6.52. The van der Waals surface area contributed by atoms with E-state index in [0.717, 1.165) is 12.8 Å². The maximum atomic E-state index is 12.4. The zero-order valence-corrected chi connectivity index (χ0v) is 12.8. The third-order valence-corrected chi connectivity index (χ3v) is 3.66. The van der Waals surface area contributed by atoms with Gasteiger partial charge in [-0.05, 0) is 43.2 Å². The minimum Gasteiger partial charge on any atom is -0.497 e. The largest absolute Gasteiger partial charge is 0.497 e. The first kappa shape index (κ1) is 15.1. The van der Waals surface area contributed by atoms with Crippen molar-refractivity contribution in [3.05, 3.63) is 59.7 Å². The Bertz CT molecular complexity index is 739. The van der Waals surface area contributed by atoms with Crippen LogP contribution >= 0.6 is 0 Å². The van der Waals surface area contributed by atoms with Crippen molar-refractivity contribution in [1.82, 2.24) is 5.32 Å². The molecule has 23 heavy (non-hydrogen) atoms. The van der Waals surface area contributed by atoms with Crippen molar-refractivity contribution in [2.24, 2.45) is 0 Å². The quantitative estimate of drug-likeness (QED) is 0.892. The smallest absolute Gasteiger partial charge is 0.255 e. The predicted octanol–water partition coefficient (Wildman–Crippen LogP) is 2.84. The van der Waals surface area contributed by atoms with E-state index < -0.39 is 0 Å². The lowest BCUT2D eigenvalue weighted by atomic mass is 10.1. The molecule has 0 saturated heterocycles. The van der Waals surface area contributed by atoms with Gasteiger partial charge in [-0.2, -0.15) is 0 Å². The van der Waals surface area contributed by atoms with Crippen molar-refractivity contribution in [3.63, 3.8) is 0 Å². The van der Waals surface area contributed by atoms with Gasteiger partial charge in [0.1, 0.15) is 5.75 Å². The number of amides is 2. The van der Waals surface area contributed by atoms with Crippen molar-refractivity contribution < 1.29 is 14.3 Å². The Balaban J connectivity index is 1.78. The third-order valence-electron chi connectivity index (χ3n) is 3.66. The highest BCUT2D eigenvalue weighted by atomic mass is 16.5. The minimum absolute atomic E-state index is 0.158. The van der Waals surface area contributed by atoms with Gasteiger partial charge in [0.25, 0.3) is 11.8 Å². The van der Waals surface area contributed by atoms with E-state index in [0.29, 0.717) is 22.6 Å². The molecular formula is C18H18N2O3. The lowest BCUT2D eigenvalue weighted by Gasteiger charge is -2.11. The molecule has 0 aromatic heterocycles. The molecule has 1 fully saturated rings. The summed E-state index contributed by atoms with van der Waals surface area (Å²) in [5.41, 5.74) is 1.44. The van der Waals surface area contributed by atoms with Crippen LogP contribution in [0.15, 0.2) is 48.5 Å². The third kappa shape index (κ3) is 3.69. The second-order valence-corrected chi connectivity index (χ2v) is 5.48. The fraction of sp³-hybridized carbons (Fsp3) is 0.222. The number of benzene rings is 2. The van der Waals surface area contributed by atoms with Gasteiger partial charge in [-0.25, -0.2) is 0 Å². The van der Waals surface area contributed by atoms with Crippen molar-refractivity contribution in [2.45, 2.75) is 18.9 Å². The van der Waals surface area contributed by atoms with Crippen LogP contribution in [0.3, 0.4) is 0 Å². The van der Waals surface area contributed by atoms with Gasteiger partial charge in [0.15, 0.2) is 0 Å². The van der Waals surface area contributed by atoms with Crippen LogP contribution in [0, 0.1) is 0 Å². The summed E-state index contributed by atoms with van der Waals surface area (Å²) in [6.45, 7) is 0. The average molecular weight is 310 g/mol. The molecule has 0 atom stereocenters. The lowest BCUT2D eigenvalue weighted by molar-refractivity contribution is 0.0952. The lowest BCUT2D eigenvalue weighted by Crippen LogP contribution is -2.27. The summed E-state index contributed by atoms with van der Waals surface area (Å²) in [5.74, 6) is 0.169. The summed E-state index contributed by atoms with van der Waals surface area (Å²) in [4.78, 5) is 24.6. The van der Waals surface area contributed by atoms with Crippen molar-refractivity contribution in [1.29, 1.82) is 0 Å². The highest BCUT2D eigenvalue weighted by Gasteiger charge is 2.25. The van der Waals surface area contributed by atoms with Crippen LogP contribution in [0.5, 0.6) is 5.75 Å². The van der Waals surface area contributed by atoms with Gasteiger partial charge in [-0.15, -0.1) is 0 Å². The number of nitrogens with one attached hydrogen (secondary N) is 2. The Morgan fingerprint density at radius 1 is 1.04 bits per heavy atom. The zero-order valence-electron chi connectivity index (χ0n) is 12.8. The van der Waals surface area contributed by atoms with Gasteiger partial charge < -0.3 is 15.4 Å². The molecular weight excluding hydrogens is 292 g/mol. The molecule has 0 unspecified atom stereocenters. The Kier molecular flexibility index (Phi) is 4.28. The van der Waals surface area contributed by atoms with E-state index in [2.05, 4.69) is 10.6 Å². The molecule has 2 aromatic carbocycles. The highest BCUT2D eigenvalue weighted by molar-refractivity contribution is 6.09. The summed E-state index contributed by atoms with van der Waals surface area (Å²) in [6, 6.07) is 14.1. The van der Waals surface area contributed by atoms with Crippen molar-refractivity contribution in [2.75, 3.05) is 12.4 Å². The number of ether oxygens (including phenoxy) is 1. The van der Waals surface area contributed by atoms with E-state index in [1.807, 2.05) is 0 Å². The van der Waals surface area contributed by atoms with Crippen LogP contribution < -0.4 is 15.4 Å². The van der Waals surface area contributed by atoms with Crippen LogP contribution in [0.25, 0.3) is 0 Å². The number of carbonyl (C=O) groups is 2. The molecule has 1 saturated carbocycles. The van der Waals surface area contributed by atoms with E-state index >= 15 is 0 Å². The molecule has 5 nitrogen and oxygen atoms in total. The number of rotatable bonds is 5. The topological polar surface area (TPSA) is 67.4 Å². The number of hydrogen-bond donors (Lipinski definition) is 2. The highest BCUT2D eigenvalue weighted by Crippen LogP contribution is 2.22. The fourth-order valence-corrected chi connectivity index (χ4v) is 2.24. The summed E-state index contributed by atoms with van der Waals surface area (Å²) >= 11 is 0. The fourth-order valence-electron chi connectivity index (χ4n) is 2.24. The minimum atomic E-state index is -0.282. The molecule has 2 aromatic rings. The standard InChI is InChI=1S/C18H18N2O3/c1-23-14-6-4-5-12(11-14)17(21)20-16-8-3-2-7-15(16)18(22)19-13-9-10-13/h2-8,11,13H,9-10H2,1H3,(H,19,22)(H,20,21). The van der Waals surface area contributed by atoms with Crippen molar-refractivity contribution >= 4 is 17.5 Å². The first-order valence-corrected chi connectivity index (χ1v) is 7.52. The first-order chi connectivity index (χ1) is 11.2.